The van der Waals surface area contributed by atoms with E-state index in [-0.39, 0.29) is 23.2 Å². The molecule has 0 radical (unpaired) electrons. The fourth-order valence-electron chi connectivity index (χ4n) is 3.42. The molecule has 0 saturated heterocycles. The molecule has 1 aliphatic heterocycles. The molecule has 0 fully saturated rings. The molecule has 164 valence electrons. The van der Waals surface area contributed by atoms with Gasteiger partial charge in [0.05, 0.1) is 34.0 Å². The summed E-state index contributed by atoms with van der Waals surface area (Å²) in [4.78, 5) is 27.7. The highest BCUT2D eigenvalue weighted by atomic mass is 16.5. The van der Waals surface area contributed by atoms with Crippen LogP contribution < -0.4 is 24.3 Å². The number of hydrogen-bond acceptors (Lipinski definition) is 7. The van der Waals surface area contributed by atoms with E-state index in [1.54, 1.807) is 50.2 Å². The third-order valence-electron chi connectivity index (χ3n) is 4.92. The molecule has 2 amide bonds. The van der Waals surface area contributed by atoms with E-state index < -0.39 is 5.91 Å². The number of amides is 2. The third kappa shape index (κ3) is 4.14. The third-order valence-corrected chi connectivity index (χ3v) is 4.92. The Hall–Kier alpha value is -3.68. The lowest BCUT2D eigenvalue weighted by Gasteiger charge is -2.19. The average molecular weight is 426 g/mol. The van der Waals surface area contributed by atoms with Crippen LogP contribution >= 0.6 is 0 Å². The quantitative estimate of drug-likeness (QED) is 0.648. The lowest BCUT2D eigenvalue weighted by molar-refractivity contribution is -0.138. The molecule has 0 spiro atoms. The molecule has 0 aliphatic carbocycles. The van der Waals surface area contributed by atoms with Crippen molar-refractivity contribution in [2.24, 2.45) is 0 Å². The normalized spacial score (nSPS) is 13.7. The maximum absolute atomic E-state index is 13.2. The summed E-state index contributed by atoms with van der Waals surface area (Å²) >= 11 is 0. The second-order valence-electron chi connectivity index (χ2n) is 7.12. The number of rotatable bonds is 8. The van der Waals surface area contributed by atoms with Crippen LogP contribution in [0.1, 0.15) is 19.4 Å². The van der Waals surface area contributed by atoms with Crippen LogP contribution in [0.2, 0.25) is 0 Å². The SMILES string of the molecule is COc1cc(NC2=C(c3ccc(OC)c(OC)c3)C(=O)N(C(C)C)C2=O)cc(OC)c1. The first-order valence-corrected chi connectivity index (χ1v) is 9.69. The van der Waals surface area contributed by atoms with Crippen molar-refractivity contribution in [3.05, 3.63) is 47.7 Å². The van der Waals surface area contributed by atoms with Gasteiger partial charge in [0.2, 0.25) is 0 Å². The van der Waals surface area contributed by atoms with Gasteiger partial charge in [0, 0.05) is 29.9 Å². The van der Waals surface area contributed by atoms with Crippen molar-refractivity contribution < 1.29 is 28.5 Å². The van der Waals surface area contributed by atoms with Gasteiger partial charge >= 0.3 is 0 Å². The largest absolute Gasteiger partial charge is 0.497 e. The molecule has 8 nitrogen and oxygen atoms in total. The average Bonchev–Trinajstić information content (AvgIpc) is 3.02. The number of anilines is 1. The summed E-state index contributed by atoms with van der Waals surface area (Å²) in [6.07, 6.45) is 0. The molecule has 0 saturated carbocycles. The Labute approximate surface area is 181 Å². The van der Waals surface area contributed by atoms with E-state index in [4.69, 9.17) is 18.9 Å². The fraction of sp³-hybridized carbons (Fsp3) is 0.304. The highest BCUT2D eigenvalue weighted by molar-refractivity contribution is 6.36. The molecule has 1 aliphatic rings. The molecule has 1 heterocycles. The van der Waals surface area contributed by atoms with Crippen molar-refractivity contribution in [1.29, 1.82) is 0 Å². The predicted molar refractivity (Wildman–Crippen MR) is 117 cm³/mol. The van der Waals surface area contributed by atoms with Gasteiger partial charge in [-0.25, -0.2) is 0 Å². The van der Waals surface area contributed by atoms with Crippen LogP contribution in [0.25, 0.3) is 5.57 Å². The summed E-state index contributed by atoms with van der Waals surface area (Å²) in [6, 6.07) is 9.94. The van der Waals surface area contributed by atoms with Crippen LogP contribution in [-0.2, 0) is 9.59 Å². The molecule has 1 N–H and O–H groups in total. The van der Waals surface area contributed by atoms with Crippen molar-refractivity contribution in [2.45, 2.75) is 19.9 Å². The van der Waals surface area contributed by atoms with Gasteiger partial charge in [0.25, 0.3) is 11.8 Å². The van der Waals surface area contributed by atoms with Gasteiger partial charge in [-0.05, 0) is 31.5 Å². The van der Waals surface area contributed by atoms with E-state index in [1.807, 2.05) is 0 Å². The maximum atomic E-state index is 13.2. The van der Waals surface area contributed by atoms with Gasteiger partial charge in [-0.15, -0.1) is 0 Å². The van der Waals surface area contributed by atoms with Gasteiger partial charge in [0.1, 0.15) is 17.2 Å². The van der Waals surface area contributed by atoms with Crippen molar-refractivity contribution >= 4 is 23.1 Å². The fourth-order valence-corrected chi connectivity index (χ4v) is 3.42. The zero-order valence-corrected chi connectivity index (χ0v) is 18.4. The van der Waals surface area contributed by atoms with Gasteiger partial charge in [0.15, 0.2) is 11.5 Å². The molecular formula is C23H26N2O6. The second kappa shape index (κ2) is 8.99. The molecule has 2 aromatic carbocycles. The number of ether oxygens (including phenoxy) is 4. The molecule has 0 bridgehead atoms. The van der Waals surface area contributed by atoms with Crippen LogP contribution in [0.4, 0.5) is 5.69 Å². The van der Waals surface area contributed by atoms with E-state index in [1.165, 1.54) is 33.3 Å². The zero-order chi connectivity index (χ0) is 22.7. The van der Waals surface area contributed by atoms with Crippen molar-refractivity contribution in [3.63, 3.8) is 0 Å². The van der Waals surface area contributed by atoms with Crippen LogP contribution in [0, 0.1) is 0 Å². The highest BCUT2D eigenvalue weighted by Gasteiger charge is 2.40. The van der Waals surface area contributed by atoms with Crippen LogP contribution in [-0.4, -0.2) is 51.2 Å². The van der Waals surface area contributed by atoms with Crippen LogP contribution in [0.3, 0.4) is 0 Å². The standard InChI is InChI=1S/C23H26N2O6/c1-13(2)25-22(26)20(14-7-8-18(30-5)19(9-14)31-6)21(23(25)27)24-15-10-16(28-3)12-17(11-15)29-4/h7-13,24H,1-6H3. The number of carbonyl (C=O) groups is 2. The molecule has 0 atom stereocenters. The molecular weight excluding hydrogens is 400 g/mol. The highest BCUT2D eigenvalue weighted by Crippen LogP contribution is 2.37. The van der Waals surface area contributed by atoms with E-state index in [0.717, 1.165) is 0 Å². The number of nitrogens with one attached hydrogen (secondary N) is 1. The monoisotopic (exact) mass is 426 g/mol. The minimum atomic E-state index is -0.411. The lowest BCUT2D eigenvalue weighted by Crippen LogP contribution is -2.38. The topological polar surface area (TPSA) is 86.3 Å². The molecule has 8 heteroatoms. The minimum Gasteiger partial charge on any atom is -0.497 e. The number of nitrogens with zero attached hydrogens (tertiary/aromatic N) is 1. The van der Waals surface area contributed by atoms with E-state index in [0.29, 0.717) is 34.2 Å². The Bertz CT molecular complexity index is 1020. The van der Waals surface area contributed by atoms with Gasteiger partial charge < -0.3 is 24.3 Å². The smallest absolute Gasteiger partial charge is 0.278 e. The summed E-state index contributed by atoms with van der Waals surface area (Å²) in [5.74, 6) is 1.28. The second-order valence-corrected chi connectivity index (χ2v) is 7.12. The van der Waals surface area contributed by atoms with E-state index in [9.17, 15) is 9.59 Å². The van der Waals surface area contributed by atoms with Gasteiger partial charge in [-0.3, -0.25) is 14.5 Å². The van der Waals surface area contributed by atoms with E-state index in [2.05, 4.69) is 5.32 Å². The number of benzene rings is 2. The summed E-state index contributed by atoms with van der Waals surface area (Å²) < 4.78 is 21.3. The number of hydrogen-bond donors (Lipinski definition) is 1. The molecule has 0 aromatic heterocycles. The van der Waals surface area contributed by atoms with Crippen molar-refractivity contribution in [3.8, 4) is 23.0 Å². The summed E-state index contributed by atoms with van der Waals surface area (Å²) in [7, 11) is 6.12. The first kappa shape index (κ1) is 22.0. The molecule has 31 heavy (non-hydrogen) atoms. The maximum Gasteiger partial charge on any atom is 0.278 e. The Morgan fingerprint density at radius 1 is 0.774 bits per heavy atom. The summed E-state index contributed by atoms with van der Waals surface area (Å²) in [5.41, 5.74) is 1.51. The summed E-state index contributed by atoms with van der Waals surface area (Å²) in [6.45, 7) is 3.58. The lowest BCUT2D eigenvalue weighted by atomic mass is 10.0. The minimum absolute atomic E-state index is 0.168. The van der Waals surface area contributed by atoms with Crippen LogP contribution in [0.5, 0.6) is 23.0 Å². The predicted octanol–water partition coefficient (Wildman–Crippen LogP) is 3.32. The first-order valence-electron chi connectivity index (χ1n) is 9.69. The Balaban J connectivity index is 2.15. The number of imide groups is 1. The van der Waals surface area contributed by atoms with Gasteiger partial charge in [-0.2, -0.15) is 0 Å². The van der Waals surface area contributed by atoms with Crippen molar-refractivity contribution in [2.75, 3.05) is 33.8 Å². The number of carbonyl (C=O) groups excluding carboxylic acids is 2. The first-order chi connectivity index (χ1) is 14.8. The van der Waals surface area contributed by atoms with Gasteiger partial charge in [-0.1, -0.05) is 6.07 Å². The molecule has 0 unspecified atom stereocenters. The Kier molecular flexibility index (Phi) is 6.39. The molecule has 3 rings (SSSR count). The summed E-state index contributed by atoms with van der Waals surface area (Å²) in [5, 5.41) is 3.11. The van der Waals surface area contributed by atoms with Crippen LogP contribution in [0.15, 0.2) is 42.1 Å². The zero-order valence-electron chi connectivity index (χ0n) is 18.4. The Morgan fingerprint density at radius 2 is 1.39 bits per heavy atom. The molecule has 2 aromatic rings. The van der Waals surface area contributed by atoms with E-state index >= 15 is 0 Å². The number of methoxy groups -OCH3 is 4. The Morgan fingerprint density at radius 3 is 1.90 bits per heavy atom. The van der Waals surface area contributed by atoms with Crippen molar-refractivity contribution in [1.82, 2.24) is 4.90 Å².